The Labute approximate surface area is 137 Å². The van der Waals surface area contributed by atoms with Gasteiger partial charge in [-0.05, 0) is 18.6 Å². The molecule has 1 fully saturated rings. The summed E-state index contributed by atoms with van der Waals surface area (Å²) in [6, 6.07) is 7.34. The molecule has 0 spiro atoms. The summed E-state index contributed by atoms with van der Waals surface area (Å²) < 4.78 is 25.9. The van der Waals surface area contributed by atoms with Gasteiger partial charge >= 0.3 is 0 Å². The predicted molar refractivity (Wildman–Crippen MR) is 89.6 cm³/mol. The van der Waals surface area contributed by atoms with Crippen molar-refractivity contribution in [3.05, 3.63) is 52.6 Å². The lowest BCUT2D eigenvalue weighted by Crippen LogP contribution is -2.34. The Morgan fingerprint density at radius 2 is 1.91 bits per heavy atom. The van der Waals surface area contributed by atoms with Crippen LogP contribution in [0.25, 0.3) is 0 Å². The van der Waals surface area contributed by atoms with Crippen molar-refractivity contribution in [1.82, 2.24) is 0 Å². The van der Waals surface area contributed by atoms with E-state index in [1.807, 2.05) is 0 Å². The average molecular weight is 337 g/mol. The van der Waals surface area contributed by atoms with Crippen LogP contribution in [0.2, 0.25) is 0 Å². The summed E-state index contributed by atoms with van der Waals surface area (Å²) in [5.74, 6) is -0.491. The molecule has 5 nitrogen and oxygen atoms in total. The molecule has 1 aliphatic carbocycles. The first-order valence-corrected chi connectivity index (χ1v) is 9.54. The van der Waals surface area contributed by atoms with Crippen LogP contribution in [-0.2, 0) is 9.84 Å². The summed E-state index contributed by atoms with van der Waals surface area (Å²) in [7, 11) is -3.64. The largest absolute Gasteiger partial charge is 0.264 e. The zero-order valence-corrected chi connectivity index (χ0v) is 14.2. The summed E-state index contributed by atoms with van der Waals surface area (Å²) in [5.41, 5.74) is 0.469. The third-order valence-electron chi connectivity index (χ3n) is 4.57. The molecule has 0 amide bonds. The first-order valence-electron chi connectivity index (χ1n) is 7.99. The van der Waals surface area contributed by atoms with Crippen molar-refractivity contribution in [2.24, 2.45) is 5.92 Å². The van der Waals surface area contributed by atoms with Gasteiger partial charge in [-0.3, -0.25) is 10.1 Å². The third kappa shape index (κ3) is 3.63. The molecule has 1 aromatic rings. The van der Waals surface area contributed by atoms with Crippen molar-refractivity contribution < 1.29 is 13.3 Å². The molecule has 1 aromatic carbocycles. The van der Waals surface area contributed by atoms with Crippen molar-refractivity contribution in [3.63, 3.8) is 0 Å². The summed E-state index contributed by atoms with van der Waals surface area (Å²) >= 11 is 0. The van der Waals surface area contributed by atoms with Gasteiger partial charge in [0, 0.05) is 17.3 Å². The lowest BCUT2D eigenvalue weighted by molar-refractivity contribution is -0.528. The van der Waals surface area contributed by atoms with Crippen molar-refractivity contribution >= 4 is 9.84 Å². The number of hydrogen-bond donors (Lipinski definition) is 0. The topological polar surface area (TPSA) is 77.3 Å². The second-order valence-electron chi connectivity index (χ2n) is 6.15. The number of rotatable bonds is 7. The number of benzene rings is 1. The number of sulfone groups is 1. The highest BCUT2D eigenvalue weighted by molar-refractivity contribution is 7.92. The first kappa shape index (κ1) is 17.7. The fourth-order valence-electron chi connectivity index (χ4n) is 3.45. The minimum absolute atomic E-state index is 0.153. The SMILES string of the molecule is C=C1C[C@@H]([N+](=O)[O-])[C@@H](CCCCC)[C@@H]1S(=O)(=O)c1ccccc1. The van der Waals surface area contributed by atoms with Crippen LogP contribution in [-0.4, -0.2) is 24.6 Å². The molecule has 1 aliphatic rings. The number of hydrogen-bond acceptors (Lipinski definition) is 4. The Bertz CT molecular complexity index is 669. The van der Waals surface area contributed by atoms with E-state index < -0.39 is 27.0 Å². The van der Waals surface area contributed by atoms with Crippen molar-refractivity contribution in [2.75, 3.05) is 0 Å². The molecule has 0 aliphatic heterocycles. The average Bonchev–Trinajstić information content (AvgIpc) is 2.86. The number of unbranched alkanes of at least 4 members (excludes halogenated alkanes) is 2. The first-order chi connectivity index (χ1) is 10.9. The van der Waals surface area contributed by atoms with Crippen LogP contribution >= 0.6 is 0 Å². The van der Waals surface area contributed by atoms with Crippen LogP contribution in [0.3, 0.4) is 0 Å². The van der Waals surface area contributed by atoms with E-state index in [0.717, 1.165) is 19.3 Å². The highest BCUT2D eigenvalue weighted by Gasteiger charge is 2.51. The molecule has 3 atom stereocenters. The lowest BCUT2D eigenvalue weighted by Gasteiger charge is -2.21. The lowest BCUT2D eigenvalue weighted by atomic mass is 9.96. The van der Waals surface area contributed by atoms with E-state index in [-0.39, 0.29) is 16.2 Å². The standard InChI is InChI=1S/C17H23NO4S/c1-3-4-6-11-15-16(18(19)20)12-13(2)17(15)23(21,22)14-9-7-5-8-10-14/h5,7-10,15-17H,2-4,6,11-12H2,1H3/t15-,16-,17-/m1/s1. The van der Waals surface area contributed by atoms with Crippen LogP contribution < -0.4 is 0 Å². The van der Waals surface area contributed by atoms with E-state index in [1.165, 1.54) is 0 Å². The molecule has 126 valence electrons. The zero-order chi connectivity index (χ0) is 17.0. The molecular formula is C17H23NO4S. The predicted octanol–water partition coefficient (Wildman–Crippen LogP) is 3.63. The molecule has 0 radical (unpaired) electrons. The molecular weight excluding hydrogens is 314 g/mol. The minimum atomic E-state index is -3.64. The Balaban J connectivity index is 2.36. The summed E-state index contributed by atoms with van der Waals surface area (Å²) in [6.45, 7) is 5.91. The normalized spacial score (nSPS) is 24.7. The van der Waals surface area contributed by atoms with E-state index in [4.69, 9.17) is 0 Å². The molecule has 6 heteroatoms. The molecule has 23 heavy (non-hydrogen) atoms. The van der Waals surface area contributed by atoms with E-state index >= 15 is 0 Å². The molecule has 0 heterocycles. The van der Waals surface area contributed by atoms with Gasteiger partial charge in [0.05, 0.1) is 10.1 Å². The van der Waals surface area contributed by atoms with Crippen LogP contribution in [0.15, 0.2) is 47.4 Å². The molecule has 1 saturated carbocycles. The van der Waals surface area contributed by atoms with Gasteiger partial charge in [-0.1, -0.05) is 56.5 Å². The van der Waals surface area contributed by atoms with Crippen LogP contribution in [0, 0.1) is 16.0 Å². The zero-order valence-electron chi connectivity index (χ0n) is 13.3. The molecule has 0 saturated heterocycles. The van der Waals surface area contributed by atoms with Gasteiger partial charge in [-0.2, -0.15) is 0 Å². The van der Waals surface area contributed by atoms with Crippen LogP contribution in [0.1, 0.15) is 39.0 Å². The van der Waals surface area contributed by atoms with Crippen LogP contribution in [0.5, 0.6) is 0 Å². The van der Waals surface area contributed by atoms with Crippen molar-refractivity contribution in [3.8, 4) is 0 Å². The van der Waals surface area contributed by atoms with E-state index in [1.54, 1.807) is 30.3 Å². The van der Waals surface area contributed by atoms with Crippen LogP contribution in [0.4, 0.5) is 0 Å². The molecule has 0 bridgehead atoms. The fraction of sp³-hybridized carbons (Fsp3) is 0.529. The molecule has 0 N–H and O–H groups in total. The van der Waals surface area contributed by atoms with Gasteiger partial charge in [0.15, 0.2) is 9.84 Å². The van der Waals surface area contributed by atoms with E-state index in [0.29, 0.717) is 12.0 Å². The van der Waals surface area contributed by atoms with E-state index in [2.05, 4.69) is 13.5 Å². The van der Waals surface area contributed by atoms with Crippen molar-refractivity contribution in [1.29, 1.82) is 0 Å². The number of nitro groups is 1. The third-order valence-corrected chi connectivity index (χ3v) is 6.86. The summed E-state index contributed by atoms with van der Waals surface area (Å²) in [5, 5.41) is 10.5. The maximum absolute atomic E-state index is 13.0. The highest BCUT2D eigenvalue weighted by atomic mass is 32.2. The van der Waals surface area contributed by atoms with Gasteiger partial charge in [-0.15, -0.1) is 0 Å². The van der Waals surface area contributed by atoms with E-state index in [9.17, 15) is 18.5 Å². The van der Waals surface area contributed by atoms with Gasteiger partial charge in [0.25, 0.3) is 0 Å². The second-order valence-corrected chi connectivity index (χ2v) is 8.22. The molecule has 0 unspecified atom stereocenters. The van der Waals surface area contributed by atoms with Gasteiger partial charge in [0.2, 0.25) is 6.04 Å². The fourth-order valence-corrected chi connectivity index (χ4v) is 5.59. The Kier molecular flexibility index (Phi) is 5.57. The Morgan fingerprint density at radius 1 is 1.26 bits per heavy atom. The Hall–Kier alpha value is -1.69. The quantitative estimate of drug-likeness (QED) is 0.329. The Morgan fingerprint density at radius 3 is 2.48 bits per heavy atom. The van der Waals surface area contributed by atoms with Gasteiger partial charge < -0.3 is 0 Å². The summed E-state index contributed by atoms with van der Waals surface area (Å²) in [6.07, 6.45) is 3.45. The monoisotopic (exact) mass is 337 g/mol. The molecule has 0 aromatic heterocycles. The maximum atomic E-state index is 13.0. The minimum Gasteiger partial charge on any atom is -0.264 e. The van der Waals surface area contributed by atoms with Crippen molar-refractivity contribution in [2.45, 2.75) is 55.2 Å². The summed E-state index contributed by atoms with van der Waals surface area (Å²) in [4.78, 5) is 11.3. The van der Waals surface area contributed by atoms with Gasteiger partial charge in [-0.25, -0.2) is 8.42 Å². The second kappa shape index (κ2) is 7.25. The number of nitrogens with zero attached hydrogens (tertiary/aromatic N) is 1. The smallest absolute Gasteiger partial charge is 0.221 e. The maximum Gasteiger partial charge on any atom is 0.221 e. The molecule has 2 rings (SSSR count). The van der Waals surface area contributed by atoms with Gasteiger partial charge in [0.1, 0.15) is 0 Å². The highest BCUT2D eigenvalue weighted by Crippen LogP contribution is 2.41.